The molecule has 0 aliphatic carbocycles. The second kappa shape index (κ2) is 11.6. The second-order valence-electron chi connectivity index (χ2n) is 11.1. The monoisotopic (exact) mass is 619 g/mol. The quantitative estimate of drug-likeness (QED) is 0.313. The fraction of sp³-hybridized carbons (Fsp3) is 0.367. The molecular formula is C30H33N7O4S2. The highest BCUT2D eigenvalue weighted by molar-refractivity contribution is 7.89. The lowest BCUT2D eigenvalue weighted by atomic mass is 9.85. The van der Waals surface area contributed by atoms with Crippen LogP contribution in [0.15, 0.2) is 47.6 Å². The molecule has 0 spiro atoms. The van der Waals surface area contributed by atoms with E-state index in [9.17, 15) is 18.3 Å². The molecular weight excluding hydrogens is 587 g/mol. The van der Waals surface area contributed by atoms with E-state index in [0.717, 1.165) is 46.5 Å². The van der Waals surface area contributed by atoms with Gasteiger partial charge in [-0.2, -0.15) is 17.8 Å². The van der Waals surface area contributed by atoms with E-state index in [0.29, 0.717) is 24.6 Å². The molecule has 1 N–H and O–H groups in total. The van der Waals surface area contributed by atoms with Crippen molar-refractivity contribution in [3.8, 4) is 0 Å². The zero-order valence-electron chi connectivity index (χ0n) is 24.1. The molecule has 5 heterocycles. The molecule has 2 aliphatic heterocycles. The van der Waals surface area contributed by atoms with Crippen molar-refractivity contribution in [1.82, 2.24) is 23.9 Å². The maximum Gasteiger partial charge on any atom is 0.304 e. The first-order chi connectivity index (χ1) is 20.1. The summed E-state index contributed by atoms with van der Waals surface area (Å²) in [5.74, 6) is -0.253. The minimum absolute atomic E-state index is 0. The molecule has 0 unspecified atom stereocenters. The number of hydrogen-bond donors (Lipinski definition) is 1. The van der Waals surface area contributed by atoms with E-state index in [1.165, 1.54) is 16.6 Å². The Morgan fingerprint density at radius 3 is 2.72 bits per heavy atom. The number of anilines is 1. The summed E-state index contributed by atoms with van der Waals surface area (Å²) in [5, 5.41) is 18.3. The van der Waals surface area contributed by atoms with E-state index < -0.39 is 21.9 Å². The Balaban J connectivity index is 0.00000368. The van der Waals surface area contributed by atoms with Crippen LogP contribution in [0.5, 0.6) is 0 Å². The van der Waals surface area contributed by atoms with E-state index >= 15 is 0 Å². The largest absolute Gasteiger partial charge is 0.481 e. The normalized spacial score (nSPS) is 18.3. The molecule has 13 heteroatoms. The Morgan fingerprint density at radius 2 is 1.98 bits per heavy atom. The van der Waals surface area contributed by atoms with Gasteiger partial charge >= 0.3 is 5.97 Å². The maximum atomic E-state index is 14.1. The number of sulfonamides is 1. The van der Waals surface area contributed by atoms with Crippen LogP contribution in [0.1, 0.15) is 58.8 Å². The van der Waals surface area contributed by atoms with Crippen LogP contribution in [0, 0.1) is 27.3 Å². The summed E-state index contributed by atoms with van der Waals surface area (Å²) in [4.78, 5) is 22.0. The molecule has 6 rings (SSSR count). The zero-order valence-corrected chi connectivity index (χ0v) is 26.0. The number of hydrogen-bond acceptors (Lipinski definition) is 7. The van der Waals surface area contributed by atoms with Crippen molar-refractivity contribution in [3.63, 3.8) is 0 Å². The molecule has 0 saturated carbocycles. The third-order valence-corrected chi connectivity index (χ3v) is 10.4. The standard InChI is InChI=1S/C30H31N7O4S.H2S/c1-18-7-8-21(26(14-28(38)39)25-9-11-36-20(3)33-34-29(36)19(25)2)12-22(18)16-35-17-24-6-5-10-37(24)30-27(42(35,40)41)13-23(31-4)15-32-30;/h7-9,11-13,15,24,26H,5-6,10,14,16-17H2,1-3H3,(H,38,39);1H2/t24-,26-;/m0./s1. The number of rotatable bonds is 6. The molecule has 0 amide bonds. The van der Waals surface area contributed by atoms with Gasteiger partial charge in [-0.1, -0.05) is 18.2 Å². The first-order valence-corrected chi connectivity index (χ1v) is 15.3. The van der Waals surface area contributed by atoms with Gasteiger partial charge in [0.2, 0.25) is 15.7 Å². The second-order valence-corrected chi connectivity index (χ2v) is 13.0. The van der Waals surface area contributed by atoms with Crippen LogP contribution in [0.3, 0.4) is 0 Å². The van der Waals surface area contributed by atoms with Gasteiger partial charge in [0.25, 0.3) is 0 Å². The number of carboxylic acids is 1. The van der Waals surface area contributed by atoms with E-state index in [1.807, 2.05) is 55.6 Å². The molecule has 2 aliphatic rings. The van der Waals surface area contributed by atoms with Crippen LogP contribution in [0.25, 0.3) is 10.5 Å². The summed E-state index contributed by atoms with van der Waals surface area (Å²) in [7, 11) is -3.97. The SMILES string of the molecule is S.[C-]#[N+]c1cnc2c(c1)S(=O)(=O)N(Cc1cc([C@H](CC(=O)O)c3ccn4c(C)nnc4c3C)ccc1C)C[C@@H]1CCCN21. The highest BCUT2D eigenvalue weighted by Crippen LogP contribution is 2.39. The van der Waals surface area contributed by atoms with Gasteiger partial charge in [0.1, 0.15) is 16.5 Å². The number of aryl methyl sites for hydroxylation is 3. The average Bonchev–Trinajstić information content (AvgIpc) is 3.57. The molecule has 11 nitrogen and oxygen atoms in total. The predicted molar refractivity (Wildman–Crippen MR) is 167 cm³/mol. The summed E-state index contributed by atoms with van der Waals surface area (Å²) >= 11 is 0. The number of pyridine rings is 2. The Bertz CT molecular complexity index is 1880. The van der Waals surface area contributed by atoms with E-state index in [4.69, 9.17) is 6.57 Å². The Labute approximate surface area is 257 Å². The third kappa shape index (κ3) is 5.35. The van der Waals surface area contributed by atoms with E-state index in [-0.39, 0.29) is 43.1 Å². The lowest BCUT2D eigenvalue weighted by Gasteiger charge is -2.26. The number of benzene rings is 1. The van der Waals surface area contributed by atoms with Crippen molar-refractivity contribution in [2.75, 3.05) is 18.0 Å². The van der Waals surface area contributed by atoms with Crippen molar-refractivity contribution in [3.05, 3.63) is 87.8 Å². The molecule has 3 aromatic heterocycles. The summed E-state index contributed by atoms with van der Waals surface area (Å²) in [6, 6.07) is 9.10. The van der Waals surface area contributed by atoms with Crippen molar-refractivity contribution in [2.24, 2.45) is 0 Å². The van der Waals surface area contributed by atoms with Gasteiger partial charge in [-0.05, 0) is 73.6 Å². The molecule has 0 radical (unpaired) electrons. The van der Waals surface area contributed by atoms with Gasteiger partial charge in [-0.25, -0.2) is 18.2 Å². The van der Waals surface area contributed by atoms with Gasteiger partial charge in [0.15, 0.2) is 5.65 Å². The van der Waals surface area contributed by atoms with Gasteiger partial charge in [-0.3, -0.25) is 9.20 Å². The topological polar surface area (TPSA) is 125 Å². The highest BCUT2D eigenvalue weighted by atomic mass is 32.2. The minimum atomic E-state index is -3.97. The minimum Gasteiger partial charge on any atom is -0.481 e. The third-order valence-electron chi connectivity index (χ3n) is 8.54. The smallest absolute Gasteiger partial charge is 0.304 e. The maximum absolute atomic E-state index is 14.1. The Kier molecular flexibility index (Phi) is 8.22. The van der Waals surface area contributed by atoms with Crippen LogP contribution in [0.4, 0.5) is 11.5 Å². The predicted octanol–water partition coefficient (Wildman–Crippen LogP) is 4.49. The van der Waals surface area contributed by atoms with Crippen molar-refractivity contribution in [2.45, 2.75) is 63.4 Å². The first-order valence-electron chi connectivity index (χ1n) is 13.8. The molecule has 1 fully saturated rings. The van der Waals surface area contributed by atoms with Crippen molar-refractivity contribution >= 4 is 46.6 Å². The van der Waals surface area contributed by atoms with Crippen molar-refractivity contribution < 1.29 is 18.3 Å². The van der Waals surface area contributed by atoms with Crippen molar-refractivity contribution in [1.29, 1.82) is 0 Å². The van der Waals surface area contributed by atoms with Gasteiger partial charge in [-0.15, -0.1) is 10.2 Å². The number of aliphatic carboxylic acids is 1. The zero-order chi connectivity index (χ0) is 29.8. The van der Waals surface area contributed by atoms with Crippen LogP contribution in [0.2, 0.25) is 0 Å². The fourth-order valence-electron chi connectivity index (χ4n) is 6.26. The van der Waals surface area contributed by atoms with Crippen LogP contribution < -0.4 is 4.90 Å². The van der Waals surface area contributed by atoms with Crippen LogP contribution in [-0.4, -0.2) is 62.5 Å². The average molecular weight is 620 g/mol. The first kappa shape index (κ1) is 30.5. The lowest BCUT2D eigenvalue weighted by Crippen LogP contribution is -2.39. The van der Waals surface area contributed by atoms with Gasteiger partial charge < -0.3 is 10.0 Å². The summed E-state index contributed by atoms with van der Waals surface area (Å²) in [5.41, 5.74) is 5.03. The Morgan fingerprint density at radius 1 is 1.19 bits per heavy atom. The Hall–Kier alpha value is -3.99. The summed E-state index contributed by atoms with van der Waals surface area (Å²) < 4.78 is 31.5. The van der Waals surface area contributed by atoms with Crippen LogP contribution in [-0.2, 0) is 21.4 Å². The molecule has 43 heavy (non-hydrogen) atoms. The van der Waals surface area contributed by atoms with Gasteiger partial charge in [0.05, 0.1) is 13.0 Å². The fourth-order valence-corrected chi connectivity index (χ4v) is 7.89. The number of aromatic nitrogens is 4. The summed E-state index contributed by atoms with van der Waals surface area (Å²) in [6.07, 6.45) is 4.94. The number of fused-ring (bicyclic) bond motifs is 4. The lowest BCUT2D eigenvalue weighted by molar-refractivity contribution is -0.137. The number of nitrogens with zero attached hydrogens (tertiary/aromatic N) is 7. The van der Waals surface area contributed by atoms with Crippen LogP contribution >= 0.6 is 13.5 Å². The molecule has 0 bridgehead atoms. The van der Waals surface area contributed by atoms with E-state index in [2.05, 4.69) is 24.9 Å². The molecule has 2 atom stereocenters. The van der Waals surface area contributed by atoms with Gasteiger partial charge in [0, 0.05) is 44.0 Å². The number of carboxylic acid groups (broad SMARTS) is 1. The van der Waals surface area contributed by atoms with E-state index in [1.54, 1.807) is 0 Å². The molecule has 224 valence electrons. The number of carbonyl (C=O) groups is 1. The molecule has 1 saturated heterocycles. The highest BCUT2D eigenvalue weighted by Gasteiger charge is 2.40. The molecule has 1 aromatic carbocycles. The molecule has 4 aromatic rings. The summed E-state index contributed by atoms with van der Waals surface area (Å²) in [6.45, 7) is 14.3.